The van der Waals surface area contributed by atoms with Crippen molar-refractivity contribution >= 4 is 64.3 Å². The fourth-order valence-corrected chi connectivity index (χ4v) is 4.97. The number of pyridine rings is 1. The number of nitrogens with one attached hydrogen (secondary N) is 4. The van der Waals surface area contributed by atoms with E-state index < -0.39 is 24.3 Å². The number of aryl methyl sites for hydroxylation is 3. The van der Waals surface area contributed by atoms with E-state index in [9.17, 15) is 35.9 Å². The molecule has 3 aromatic heterocycles. The smallest absolute Gasteiger partial charge is 0.475 e. The molecule has 2 aliphatic rings. The molecule has 6 rings (SSSR count). The molecule has 54 heavy (non-hydrogen) atoms. The third kappa shape index (κ3) is 11.4. The fraction of sp³-hybridized carbons (Fsp3) is 0.290. The number of hydrogen-bond acceptors (Lipinski definition) is 11. The van der Waals surface area contributed by atoms with Crippen LogP contribution in [-0.4, -0.2) is 90.6 Å². The normalized spacial score (nSPS) is 14.8. The molecule has 6 N–H and O–H groups in total. The number of amides is 3. The zero-order chi connectivity index (χ0) is 39.8. The van der Waals surface area contributed by atoms with Gasteiger partial charge in [-0.05, 0) is 61.6 Å². The van der Waals surface area contributed by atoms with E-state index in [1.807, 2.05) is 30.5 Å². The maximum Gasteiger partial charge on any atom is 0.490 e. The summed E-state index contributed by atoms with van der Waals surface area (Å²) in [4.78, 5) is 58.4. The summed E-state index contributed by atoms with van der Waals surface area (Å²) < 4.78 is 68.5. The van der Waals surface area contributed by atoms with Gasteiger partial charge in [0.05, 0.1) is 24.3 Å². The molecule has 1 atom stereocenters. The molecular formula is C31H28ClF6N9O7. The number of nitrogens with zero attached hydrogens (tertiary/aromatic N) is 5. The minimum atomic E-state index is -5.08. The van der Waals surface area contributed by atoms with Gasteiger partial charge in [-0.2, -0.15) is 31.3 Å². The van der Waals surface area contributed by atoms with Crippen LogP contribution in [0.2, 0.25) is 5.02 Å². The quantitative estimate of drug-likeness (QED) is 0.137. The minimum Gasteiger partial charge on any atom is -0.475 e. The van der Waals surface area contributed by atoms with E-state index >= 15 is 0 Å². The van der Waals surface area contributed by atoms with Crippen LogP contribution in [0.5, 0.6) is 0 Å². The molecule has 1 fully saturated rings. The van der Waals surface area contributed by atoms with E-state index in [1.165, 1.54) is 12.4 Å². The Bertz CT molecular complexity index is 1990. The van der Waals surface area contributed by atoms with Crippen molar-refractivity contribution in [3.8, 4) is 0 Å². The zero-order valence-electron chi connectivity index (χ0n) is 27.5. The van der Waals surface area contributed by atoms with Crippen molar-refractivity contribution in [2.45, 2.75) is 44.6 Å². The lowest BCUT2D eigenvalue weighted by Gasteiger charge is -2.18. The minimum absolute atomic E-state index is 0.150. The van der Waals surface area contributed by atoms with Crippen LogP contribution in [0, 0.1) is 6.92 Å². The molecule has 1 saturated heterocycles. The van der Waals surface area contributed by atoms with Gasteiger partial charge in [-0.1, -0.05) is 16.8 Å². The lowest BCUT2D eigenvalue weighted by Crippen LogP contribution is -2.40. The van der Waals surface area contributed by atoms with Crippen LogP contribution in [0.1, 0.15) is 33.7 Å². The van der Waals surface area contributed by atoms with Gasteiger partial charge in [0, 0.05) is 36.7 Å². The van der Waals surface area contributed by atoms with Crippen molar-refractivity contribution in [3.05, 3.63) is 76.5 Å². The number of likely N-dealkylation sites (tertiary alicyclic amines) is 1. The molecule has 0 saturated carbocycles. The Morgan fingerprint density at radius 3 is 2.26 bits per heavy atom. The highest BCUT2D eigenvalue weighted by Gasteiger charge is 2.39. The molecule has 6 bridgehead atoms. The first-order valence-electron chi connectivity index (χ1n) is 15.3. The molecule has 2 aliphatic heterocycles. The van der Waals surface area contributed by atoms with Gasteiger partial charge in [0.1, 0.15) is 16.3 Å². The van der Waals surface area contributed by atoms with Crippen LogP contribution >= 0.6 is 11.6 Å². The van der Waals surface area contributed by atoms with Crippen LogP contribution in [0.3, 0.4) is 0 Å². The monoisotopic (exact) mass is 787 g/mol. The number of halogens is 7. The Balaban J connectivity index is 0.000000396. The number of aromatic nitrogens is 4. The molecule has 4 aromatic rings. The Hall–Kier alpha value is -6.19. The van der Waals surface area contributed by atoms with Gasteiger partial charge in [-0.15, -0.1) is 0 Å². The first kappa shape index (κ1) is 40.6. The number of carboxylic acid groups (broad SMARTS) is 2. The maximum absolute atomic E-state index is 13.0. The molecular weight excluding hydrogens is 760 g/mol. The predicted octanol–water partition coefficient (Wildman–Crippen LogP) is 5.71. The summed E-state index contributed by atoms with van der Waals surface area (Å²) in [7, 11) is 0. The highest BCUT2D eigenvalue weighted by molar-refractivity contribution is 6.32. The summed E-state index contributed by atoms with van der Waals surface area (Å²) in [6.07, 6.45) is -1.69. The number of aliphatic carboxylic acids is 2. The number of carbonyl (C=O) groups is 4. The number of carboxylic acids is 2. The second kappa shape index (κ2) is 17.1. The summed E-state index contributed by atoms with van der Waals surface area (Å²) in [5, 5.41) is 30.7. The van der Waals surface area contributed by atoms with Gasteiger partial charge < -0.3 is 40.9 Å². The van der Waals surface area contributed by atoms with E-state index in [2.05, 4.69) is 41.4 Å². The summed E-state index contributed by atoms with van der Waals surface area (Å²) in [5.74, 6) is -4.34. The van der Waals surface area contributed by atoms with E-state index in [1.54, 1.807) is 18.0 Å². The number of carbonyl (C=O) groups excluding carboxylic acids is 2. The fourth-order valence-electron chi connectivity index (χ4n) is 4.83. The molecule has 288 valence electrons. The van der Waals surface area contributed by atoms with Gasteiger partial charge >= 0.3 is 30.3 Å². The van der Waals surface area contributed by atoms with Crippen molar-refractivity contribution in [2.75, 3.05) is 29.0 Å². The molecule has 0 spiro atoms. The Morgan fingerprint density at radius 2 is 1.63 bits per heavy atom. The zero-order valence-corrected chi connectivity index (χ0v) is 28.3. The SMILES string of the molecule is Cc1oncc1C(=O)N1CC[C@H](NC(=O)Nc2ccc3cc2CCc2cncc(c2)Nc2ncc(Cl)c(n2)N3)C1.O=C(O)C(F)(F)F.O=C(O)C(F)(F)F. The van der Waals surface area contributed by atoms with Crippen LogP contribution in [0.15, 0.2) is 53.6 Å². The molecule has 0 unspecified atom stereocenters. The van der Waals surface area contributed by atoms with Gasteiger partial charge in [-0.25, -0.2) is 19.4 Å². The Labute approximate surface area is 304 Å². The predicted molar refractivity (Wildman–Crippen MR) is 177 cm³/mol. The highest BCUT2D eigenvalue weighted by Crippen LogP contribution is 2.29. The van der Waals surface area contributed by atoms with Crippen LogP contribution in [0.4, 0.5) is 60.0 Å². The molecule has 0 radical (unpaired) electrons. The number of hydrogen-bond donors (Lipinski definition) is 6. The molecule has 23 heteroatoms. The number of alkyl halides is 6. The van der Waals surface area contributed by atoms with Crippen LogP contribution in [-0.2, 0) is 22.4 Å². The third-order valence-electron chi connectivity index (χ3n) is 7.37. The molecule has 0 aliphatic carbocycles. The number of benzene rings is 1. The highest BCUT2D eigenvalue weighted by atomic mass is 35.5. The summed E-state index contributed by atoms with van der Waals surface area (Å²) in [6.45, 7) is 2.65. The van der Waals surface area contributed by atoms with Gasteiger partial charge in [-0.3, -0.25) is 9.78 Å². The first-order chi connectivity index (χ1) is 25.3. The second-order valence-corrected chi connectivity index (χ2v) is 11.7. The standard InChI is InChI=1S/C27H26ClN9O3.2C2HF3O2/c1-15-21(12-31-40-15)25(38)37-7-6-19(14-37)34-27(39)35-23-5-4-18-9-17(23)3-2-16-8-20(11-29-10-16)33-26-30-13-22(28)24(32-18)36-26;2*3-2(4,5)1(6)7/h4-5,8-13,19H,2-3,6-7,14H2,1H3,(H2,34,35,39)(H2,30,32,33,36);2*(H,6,7)/t19-;;/m0../s1. The topological polar surface area (TPSA) is 225 Å². The lowest BCUT2D eigenvalue weighted by molar-refractivity contribution is -0.193. The Kier molecular flexibility index (Phi) is 12.8. The second-order valence-electron chi connectivity index (χ2n) is 11.3. The number of anilines is 5. The van der Waals surface area contributed by atoms with Crippen molar-refractivity contribution in [1.82, 2.24) is 30.3 Å². The van der Waals surface area contributed by atoms with E-state index in [4.69, 9.17) is 35.9 Å². The van der Waals surface area contributed by atoms with Crippen LogP contribution in [0.25, 0.3) is 0 Å². The van der Waals surface area contributed by atoms with E-state index in [0.717, 1.165) is 22.5 Å². The van der Waals surface area contributed by atoms with Gasteiger partial charge in [0.2, 0.25) is 5.95 Å². The molecule has 16 nitrogen and oxygen atoms in total. The molecule has 1 aromatic carbocycles. The maximum atomic E-state index is 13.0. The van der Waals surface area contributed by atoms with E-state index in [0.29, 0.717) is 66.2 Å². The third-order valence-corrected chi connectivity index (χ3v) is 7.65. The average molecular weight is 788 g/mol. The largest absolute Gasteiger partial charge is 0.490 e. The van der Waals surface area contributed by atoms with Crippen molar-refractivity contribution < 1.29 is 60.3 Å². The van der Waals surface area contributed by atoms with Crippen molar-refractivity contribution in [3.63, 3.8) is 0 Å². The Morgan fingerprint density at radius 1 is 0.944 bits per heavy atom. The first-order valence-corrected chi connectivity index (χ1v) is 15.7. The summed E-state index contributed by atoms with van der Waals surface area (Å²) in [5.41, 5.74) is 4.60. The average Bonchev–Trinajstić information content (AvgIpc) is 3.74. The van der Waals surface area contributed by atoms with Gasteiger partial charge in [0.15, 0.2) is 5.82 Å². The summed E-state index contributed by atoms with van der Waals surface area (Å²) in [6, 6.07) is 7.14. The summed E-state index contributed by atoms with van der Waals surface area (Å²) >= 11 is 6.36. The lowest BCUT2D eigenvalue weighted by atomic mass is 10.0. The van der Waals surface area contributed by atoms with Crippen LogP contribution < -0.4 is 21.3 Å². The number of urea groups is 1. The number of rotatable bonds is 3. The van der Waals surface area contributed by atoms with Crippen molar-refractivity contribution in [2.24, 2.45) is 0 Å². The number of fused-ring (bicyclic) bond motifs is 6. The molecule has 3 amide bonds. The molecule has 5 heterocycles. The van der Waals surface area contributed by atoms with E-state index in [-0.39, 0.29) is 18.0 Å². The van der Waals surface area contributed by atoms with Gasteiger partial charge in [0.25, 0.3) is 5.91 Å². The van der Waals surface area contributed by atoms with Crippen molar-refractivity contribution in [1.29, 1.82) is 0 Å².